The Labute approximate surface area is 223 Å². The van der Waals surface area contributed by atoms with Crippen LogP contribution in [0.2, 0.25) is 0 Å². The fraction of sp³-hybridized carbons (Fsp3) is 0.0400. The molecule has 0 bridgehead atoms. The number of aromatic hydroxyl groups is 2. The molecule has 0 saturated carbocycles. The number of aromatic nitrogens is 7. The van der Waals surface area contributed by atoms with Gasteiger partial charge in [-0.3, -0.25) is 4.79 Å². The number of amides is 1. The maximum Gasteiger partial charge on any atom is 0.339 e. The lowest BCUT2D eigenvalue weighted by molar-refractivity contribution is 0.0682. The van der Waals surface area contributed by atoms with E-state index in [4.69, 9.17) is 10.2 Å². The minimum absolute atomic E-state index is 0.235. The number of phenols is 2. The minimum Gasteiger partial charge on any atom is -0.507 e. The molecule has 5 rings (SSSR count). The van der Waals surface area contributed by atoms with Gasteiger partial charge in [-0.05, 0) is 36.4 Å². The van der Waals surface area contributed by atoms with E-state index in [1.54, 1.807) is 0 Å². The average Bonchev–Trinajstić information content (AvgIpc) is 3.63. The summed E-state index contributed by atoms with van der Waals surface area (Å²) in [7, 11) is 1.47. The molecule has 2 aromatic carbocycles. The zero-order chi connectivity index (χ0) is 28.6. The molecule has 5 aromatic rings. The number of hydrogen-bond donors (Lipinski definition) is 5. The van der Waals surface area contributed by atoms with Gasteiger partial charge in [0.2, 0.25) is 0 Å². The van der Waals surface area contributed by atoms with Crippen LogP contribution in [-0.2, 0) is 0 Å². The van der Waals surface area contributed by atoms with Crippen molar-refractivity contribution in [3.8, 4) is 45.6 Å². The molecule has 5 N–H and O–H groups in total. The van der Waals surface area contributed by atoms with Gasteiger partial charge in [0.1, 0.15) is 34.0 Å². The molecule has 200 valence electrons. The van der Waals surface area contributed by atoms with Crippen LogP contribution in [0.1, 0.15) is 31.1 Å². The van der Waals surface area contributed by atoms with E-state index in [0.29, 0.717) is 11.4 Å². The molecule has 0 aliphatic heterocycles. The molecule has 0 aliphatic rings. The fourth-order valence-corrected chi connectivity index (χ4v) is 3.77. The van der Waals surface area contributed by atoms with Crippen LogP contribution in [0.3, 0.4) is 0 Å². The van der Waals surface area contributed by atoms with Gasteiger partial charge >= 0.3 is 11.9 Å². The van der Waals surface area contributed by atoms with E-state index in [0.717, 1.165) is 0 Å². The van der Waals surface area contributed by atoms with Crippen LogP contribution in [0.4, 0.5) is 0 Å². The zero-order valence-electron chi connectivity index (χ0n) is 20.4. The maximum atomic E-state index is 12.5. The molecule has 3 heterocycles. The van der Waals surface area contributed by atoms with Crippen LogP contribution >= 0.6 is 0 Å². The normalized spacial score (nSPS) is 10.8. The molecular weight excluding hydrogens is 524 g/mol. The first-order valence-corrected chi connectivity index (χ1v) is 11.4. The van der Waals surface area contributed by atoms with Gasteiger partial charge in [-0.1, -0.05) is 10.4 Å². The number of nitrogens with zero attached hydrogens (tertiary/aromatic N) is 7. The highest BCUT2D eigenvalue weighted by molar-refractivity contribution is 5.96. The van der Waals surface area contributed by atoms with Gasteiger partial charge in [-0.15, -0.1) is 10.2 Å². The van der Waals surface area contributed by atoms with Gasteiger partial charge in [-0.25, -0.2) is 23.9 Å². The van der Waals surface area contributed by atoms with Crippen molar-refractivity contribution in [3.05, 3.63) is 77.6 Å². The van der Waals surface area contributed by atoms with Gasteiger partial charge in [0.15, 0.2) is 0 Å². The van der Waals surface area contributed by atoms with Gasteiger partial charge in [-0.2, -0.15) is 0 Å². The number of carbonyl (C=O) groups is 3. The lowest BCUT2D eigenvalue weighted by Gasteiger charge is -2.06. The predicted octanol–water partition coefficient (Wildman–Crippen LogP) is 1.74. The van der Waals surface area contributed by atoms with Crippen LogP contribution in [0, 0.1) is 0 Å². The van der Waals surface area contributed by atoms with Crippen LogP contribution in [0.5, 0.6) is 11.5 Å². The number of rotatable bonds is 7. The lowest BCUT2D eigenvalue weighted by Crippen LogP contribution is -2.18. The number of nitrogens with one attached hydrogen (secondary N) is 1. The molecule has 0 unspecified atom stereocenters. The molecule has 1 amide bonds. The van der Waals surface area contributed by atoms with Gasteiger partial charge in [0, 0.05) is 24.7 Å². The Hall–Kier alpha value is -6.12. The van der Waals surface area contributed by atoms with E-state index in [1.807, 2.05) is 0 Å². The summed E-state index contributed by atoms with van der Waals surface area (Å²) in [6.45, 7) is 0. The molecule has 0 spiro atoms. The molecule has 0 radical (unpaired) electrons. The number of aromatic carboxylic acids is 2. The zero-order valence-corrected chi connectivity index (χ0v) is 20.4. The minimum atomic E-state index is -1.28. The average molecular weight is 542 g/mol. The number of benzene rings is 2. The topological polar surface area (TPSA) is 218 Å². The monoisotopic (exact) mass is 542 g/mol. The summed E-state index contributed by atoms with van der Waals surface area (Å²) in [5.74, 6) is -3.86. The van der Waals surface area contributed by atoms with Crippen molar-refractivity contribution in [1.82, 2.24) is 40.3 Å². The van der Waals surface area contributed by atoms with Gasteiger partial charge in [0.25, 0.3) is 5.91 Å². The Morgan fingerprint density at radius 2 is 1.15 bits per heavy atom. The van der Waals surface area contributed by atoms with E-state index >= 15 is 0 Å². The van der Waals surface area contributed by atoms with Crippen molar-refractivity contribution in [1.29, 1.82) is 0 Å². The second-order valence-electron chi connectivity index (χ2n) is 8.32. The predicted molar refractivity (Wildman–Crippen MR) is 136 cm³/mol. The second-order valence-corrected chi connectivity index (χ2v) is 8.32. The number of hydrogen-bond acceptors (Lipinski definition) is 10. The van der Waals surface area contributed by atoms with Crippen LogP contribution in [0.15, 0.2) is 60.9 Å². The third-order valence-electron chi connectivity index (χ3n) is 5.78. The van der Waals surface area contributed by atoms with Crippen molar-refractivity contribution in [2.24, 2.45) is 0 Å². The highest BCUT2D eigenvalue weighted by Gasteiger charge is 2.18. The Morgan fingerprint density at radius 3 is 1.52 bits per heavy atom. The van der Waals surface area contributed by atoms with Crippen LogP contribution < -0.4 is 5.32 Å². The van der Waals surface area contributed by atoms with Crippen molar-refractivity contribution in [2.75, 3.05) is 7.05 Å². The quantitative estimate of drug-likeness (QED) is 0.199. The summed E-state index contributed by atoms with van der Waals surface area (Å²) in [6, 6.07) is 10.8. The largest absolute Gasteiger partial charge is 0.507 e. The van der Waals surface area contributed by atoms with E-state index in [-0.39, 0.29) is 39.5 Å². The molecular formula is C25H18N8O7. The summed E-state index contributed by atoms with van der Waals surface area (Å²) < 4.78 is 2.61. The van der Waals surface area contributed by atoms with E-state index < -0.39 is 29.3 Å². The summed E-state index contributed by atoms with van der Waals surface area (Å²) in [4.78, 5) is 39.4. The number of carboxylic acid groups (broad SMARTS) is 2. The van der Waals surface area contributed by atoms with Crippen molar-refractivity contribution < 1.29 is 34.8 Å². The molecule has 0 fully saturated rings. The number of carbonyl (C=O) groups excluding carboxylic acids is 1. The molecule has 40 heavy (non-hydrogen) atoms. The second kappa shape index (κ2) is 9.97. The third kappa shape index (κ3) is 4.76. The first kappa shape index (κ1) is 25.5. The smallest absolute Gasteiger partial charge is 0.339 e. The SMILES string of the molecule is CNC(=O)c1cc(-c2cn(-c3ccc(C(=O)O)c(O)c3)nn2)nc(-c2cn(-c3ccc(C(=O)O)c(O)c3)nn2)c1. The van der Waals surface area contributed by atoms with Crippen molar-refractivity contribution in [2.45, 2.75) is 0 Å². The summed E-state index contributed by atoms with van der Waals surface area (Å²) in [5.41, 5.74) is 1.40. The Balaban J connectivity index is 1.52. The molecule has 0 aliphatic carbocycles. The van der Waals surface area contributed by atoms with Crippen LogP contribution in [0.25, 0.3) is 34.2 Å². The Kier molecular flexibility index (Phi) is 6.37. The maximum absolute atomic E-state index is 12.5. The van der Waals surface area contributed by atoms with Crippen LogP contribution in [-0.4, -0.2) is 80.3 Å². The molecule has 15 nitrogen and oxygen atoms in total. The Morgan fingerprint density at radius 1 is 0.700 bits per heavy atom. The first-order chi connectivity index (χ1) is 19.1. The molecule has 3 aromatic heterocycles. The fourth-order valence-electron chi connectivity index (χ4n) is 3.77. The highest BCUT2D eigenvalue weighted by Crippen LogP contribution is 2.26. The highest BCUT2D eigenvalue weighted by atomic mass is 16.4. The molecule has 0 atom stereocenters. The summed E-state index contributed by atoms with van der Waals surface area (Å²) in [6.07, 6.45) is 2.97. The number of carboxylic acids is 2. The lowest BCUT2D eigenvalue weighted by atomic mass is 10.1. The molecule has 15 heteroatoms. The van der Waals surface area contributed by atoms with Crippen molar-refractivity contribution in [3.63, 3.8) is 0 Å². The first-order valence-electron chi connectivity index (χ1n) is 11.4. The summed E-state index contributed by atoms with van der Waals surface area (Å²) >= 11 is 0. The van der Waals surface area contributed by atoms with E-state index in [1.165, 1.54) is 77.3 Å². The van der Waals surface area contributed by atoms with Crippen molar-refractivity contribution >= 4 is 17.8 Å². The van der Waals surface area contributed by atoms with Gasteiger partial charge in [0.05, 0.1) is 35.2 Å². The molecule has 0 saturated heterocycles. The number of pyridine rings is 1. The van der Waals surface area contributed by atoms with E-state index in [9.17, 15) is 24.6 Å². The van der Waals surface area contributed by atoms with Gasteiger partial charge < -0.3 is 25.7 Å². The van der Waals surface area contributed by atoms with E-state index in [2.05, 4.69) is 30.9 Å². The Bertz CT molecular complexity index is 1690. The standard InChI is InChI=1S/C25H18N8O7/c1-26-23(36)12-6-17(19-10-32(30-28-19)13-2-4-15(24(37)38)21(34)8-13)27-18(7-12)20-11-33(31-29-20)14-3-5-16(25(39)40)22(35)9-14/h2-11,34-35H,1H3,(H,26,36)(H,37,38)(H,39,40). The summed E-state index contributed by atoms with van der Waals surface area (Å²) in [5, 5.41) is 57.1. The third-order valence-corrected chi connectivity index (χ3v) is 5.78.